The molecule has 30 heavy (non-hydrogen) atoms. The highest BCUT2D eigenvalue weighted by molar-refractivity contribution is 5.84. The van der Waals surface area contributed by atoms with E-state index in [2.05, 4.69) is 19.1 Å². The van der Waals surface area contributed by atoms with Crippen molar-refractivity contribution in [2.24, 2.45) is 5.92 Å². The van der Waals surface area contributed by atoms with Crippen molar-refractivity contribution in [3.63, 3.8) is 0 Å². The molecule has 3 aromatic rings. The predicted octanol–water partition coefficient (Wildman–Crippen LogP) is 8.12. The zero-order valence-electron chi connectivity index (χ0n) is 17.6. The number of fused-ring (bicyclic) bond motifs is 1. The molecule has 0 spiro atoms. The summed E-state index contributed by atoms with van der Waals surface area (Å²) in [6, 6.07) is 13.9. The highest BCUT2D eigenvalue weighted by Crippen LogP contribution is 2.38. The van der Waals surface area contributed by atoms with E-state index < -0.39 is 11.6 Å². The lowest BCUT2D eigenvalue weighted by atomic mass is 9.77. The van der Waals surface area contributed by atoms with Gasteiger partial charge in [0.1, 0.15) is 5.82 Å². The molecule has 3 heteroatoms. The quantitative estimate of drug-likeness (QED) is 0.385. The van der Waals surface area contributed by atoms with E-state index in [9.17, 15) is 8.78 Å². The molecule has 0 bridgehead atoms. The van der Waals surface area contributed by atoms with Crippen molar-refractivity contribution in [2.45, 2.75) is 64.2 Å². The Labute approximate surface area is 177 Å². The average molecular weight is 411 g/mol. The molecule has 3 aromatic carbocycles. The second-order valence-electron chi connectivity index (χ2n) is 8.77. The van der Waals surface area contributed by atoms with Crippen LogP contribution in [0.2, 0.25) is 0 Å². The fourth-order valence-corrected chi connectivity index (χ4v) is 4.97. The van der Waals surface area contributed by atoms with Gasteiger partial charge in [-0.1, -0.05) is 56.2 Å². The third kappa shape index (κ3) is 4.55. The van der Waals surface area contributed by atoms with Crippen LogP contribution in [0.4, 0.5) is 13.2 Å². The van der Waals surface area contributed by atoms with Crippen molar-refractivity contribution >= 4 is 10.8 Å². The minimum atomic E-state index is -0.859. The van der Waals surface area contributed by atoms with Gasteiger partial charge in [0.15, 0.2) is 11.6 Å². The summed E-state index contributed by atoms with van der Waals surface area (Å²) in [6.45, 7) is 2.26. The van der Waals surface area contributed by atoms with E-state index in [-0.39, 0.29) is 5.82 Å². The smallest absolute Gasteiger partial charge is 0.159 e. The molecule has 1 saturated carbocycles. The molecular weight excluding hydrogens is 381 g/mol. The van der Waals surface area contributed by atoms with Gasteiger partial charge in [-0.2, -0.15) is 0 Å². The van der Waals surface area contributed by atoms with Crippen molar-refractivity contribution in [2.75, 3.05) is 0 Å². The molecule has 0 nitrogen and oxygen atoms in total. The van der Waals surface area contributed by atoms with E-state index in [4.69, 9.17) is 0 Å². The molecule has 0 N–H and O–H groups in total. The van der Waals surface area contributed by atoms with Crippen LogP contribution >= 0.6 is 0 Å². The number of halogens is 3. The van der Waals surface area contributed by atoms with Crippen LogP contribution in [0.3, 0.4) is 0 Å². The normalized spacial score (nSPS) is 19.3. The van der Waals surface area contributed by atoms with Crippen LogP contribution in [-0.2, 0) is 12.8 Å². The highest BCUT2D eigenvalue weighted by Gasteiger charge is 2.22. The van der Waals surface area contributed by atoms with Crippen LogP contribution in [0.25, 0.3) is 10.8 Å². The van der Waals surface area contributed by atoms with Gasteiger partial charge in [0, 0.05) is 5.39 Å². The highest BCUT2D eigenvalue weighted by atomic mass is 19.2. The van der Waals surface area contributed by atoms with Crippen molar-refractivity contribution in [1.82, 2.24) is 0 Å². The average Bonchev–Trinajstić information content (AvgIpc) is 2.76. The zero-order valence-corrected chi connectivity index (χ0v) is 17.6. The van der Waals surface area contributed by atoms with Gasteiger partial charge >= 0.3 is 0 Å². The topological polar surface area (TPSA) is 0 Å². The first-order valence-electron chi connectivity index (χ1n) is 11.2. The van der Waals surface area contributed by atoms with Gasteiger partial charge in [-0.25, -0.2) is 13.2 Å². The molecule has 1 fully saturated rings. The minimum Gasteiger partial charge on any atom is -0.206 e. The fourth-order valence-electron chi connectivity index (χ4n) is 4.97. The summed E-state index contributed by atoms with van der Waals surface area (Å²) in [5.41, 5.74) is 2.61. The van der Waals surface area contributed by atoms with E-state index >= 15 is 4.39 Å². The second kappa shape index (κ2) is 9.24. The first kappa shape index (κ1) is 21.0. The van der Waals surface area contributed by atoms with E-state index in [0.717, 1.165) is 17.4 Å². The maximum Gasteiger partial charge on any atom is 0.159 e. The third-order valence-electron chi connectivity index (χ3n) is 6.74. The Morgan fingerprint density at radius 3 is 2.33 bits per heavy atom. The summed E-state index contributed by atoms with van der Waals surface area (Å²) in [5, 5.41) is 1.58. The Morgan fingerprint density at radius 2 is 1.60 bits per heavy atom. The van der Waals surface area contributed by atoms with Crippen LogP contribution in [-0.4, -0.2) is 0 Å². The zero-order chi connectivity index (χ0) is 21.1. The molecule has 0 saturated heterocycles. The number of benzene rings is 3. The lowest BCUT2D eigenvalue weighted by Crippen LogP contribution is -2.13. The Morgan fingerprint density at radius 1 is 0.800 bits per heavy atom. The maximum atomic E-state index is 15.1. The van der Waals surface area contributed by atoms with Gasteiger partial charge in [0.05, 0.1) is 0 Å². The largest absolute Gasteiger partial charge is 0.206 e. The molecule has 4 rings (SSSR count). The van der Waals surface area contributed by atoms with Crippen LogP contribution in [0.1, 0.15) is 68.1 Å². The van der Waals surface area contributed by atoms with Crippen molar-refractivity contribution in [1.29, 1.82) is 0 Å². The van der Waals surface area contributed by atoms with Crippen LogP contribution < -0.4 is 0 Å². The SMILES string of the molecule is CCCC1CCC(c2ccc3c(F)c(CCc4ccc(F)c(F)c4)ccc3c2)CC1. The van der Waals surface area contributed by atoms with Gasteiger partial charge in [-0.05, 0) is 84.6 Å². The lowest BCUT2D eigenvalue weighted by Gasteiger charge is -2.28. The van der Waals surface area contributed by atoms with Crippen LogP contribution in [0.5, 0.6) is 0 Å². The Bertz CT molecular complexity index is 1020. The molecule has 158 valence electrons. The fraction of sp³-hybridized carbons (Fsp3) is 0.407. The van der Waals surface area contributed by atoms with Gasteiger partial charge in [-0.15, -0.1) is 0 Å². The molecule has 0 atom stereocenters. The molecule has 0 aliphatic heterocycles. The number of hydrogen-bond donors (Lipinski definition) is 0. The lowest BCUT2D eigenvalue weighted by molar-refractivity contribution is 0.308. The summed E-state index contributed by atoms with van der Waals surface area (Å²) < 4.78 is 41.6. The molecule has 1 aliphatic carbocycles. The summed E-state index contributed by atoms with van der Waals surface area (Å²) in [7, 11) is 0. The van der Waals surface area contributed by atoms with E-state index in [0.29, 0.717) is 35.3 Å². The molecule has 0 unspecified atom stereocenters. The van der Waals surface area contributed by atoms with Crippen LogP contribution in [0, 0.1) is 23.4 Å². The Balaban J connectivity index is 1.48. The summed E-state index contributed by atoms with van der Waals surface area (Å²) in [6.07, 6.45) is 8.58. The molecule has 0 radical (unpaired) electrons. The maximum absolute atomic E-state index is 15.1. The summed E-state index contributed by atoms with van der Waals surface area (Å²) >= 11 is 0. The van der Waals surface area contributed by atoms with Gasteiger partial charge in [-0.3, -0.25) is 0 Å². The number of rotatable bonds is 6. The van der Waals surface area contributed by atoms with E-state index in [1.807, 2.05) is 18.2 Å². The van der Waals surface area contributed by atoms with E-state index in [1.165, 1.54) is 50.2 Å². The Hall–Kier alpha value is -2.29. The van der Waals surface area contributed by atoms with Gasteiger partial charge in [0.2, 0.25) is 0 Å². The monoisotopic (exact) mass is 410 g/mol. The van der Waals surface area contributed by atoms with Crippen molar-refractivity contribution in [3.05, 3.63) is 82.7 Å². The van der Waals surface area contributed by atoms with E-state index in [1.54, 1.807) is 6.07 Å². The summed E-state index contributed by atoms with van der Waals surface area (Å²) in [5.74, 6) is -0.457. The first-order chi connectivity index (χ1) is 14.5. The third-order valence-corrected chi connectivity index (χ3v) is 6.74. The first-order valence-corrected chi connectivity index (χ1v) is 11.2. The minimum absolute atomic E-state index is 0.201. The van der Waals surface area contributed by atoms with Gasteiger partial charge in [0.25, 0.3) is 0 Å². The number of aryl methyl sites for hydroxylation is 2. The molecule has 1 aliphatic rings. The molecular formula is C27H29F3. The van der Waals surface area contributed by atoms with Crippen molar-refractivity contribution < 1.29 is 13.2 Å². The predicted molar refractivity (Wildman–Crippen MR) is 117 cm³/mol. The number of hydrogen-bond acceptors (Lipinski definition) is 0. The van der Waals surface area contributed by atoms with Crippen LogP contribution in [0.15, 0.2) is 48.5 Å². The molecule has 0 aromatic heterocycles. The Kier molecular flexibility index (Phi) is 6.46. The standard InChI is InChI=1S/C27H29F3/c1-2-3-18-4-8-20(9-5-18)22-13-14-24-23(17-22)12-11-21(27(24)30)10-6-19-7-15-25(28)26(29)16-19/h7,11-18,20H,2-6,8-10H2,1H3. The summed E-state index contributed by atoms with van der Waals surface area (Å²) in [4.78, 5) is 0. The second-order valence-corrected chi connectivity index (χ2v) is 8.77. The molecule has 0 amide bonds. The van der Waals surface area contributed by atoms with Crippen molar-refractivity contribution in [3.8, 4) is 0 Å². The van der Waals surface area contributed by atoms with Gasteiger partial charge < -0.3 is 0 Å². The molecule has 0 heterocycles.